The molecule has 2 amide bonds. The molecule has 0 aliphatic carbocycles. The lowest BCUT2D eigenvalue weighted by Crippen LogP contribution is -2.51. The number of likely N-dealkylation sites (tertiary alicyclic amines) is 1. The van der Waals surface area contributed by atoms with Gasteiger partial charge in [-0.05, 0) is 56.4 Å². The molecule has 1 unspecified atom stereocenters. The first kappa shape index (κ1) is 20.4. The number of nitrogens with one attached hydrogen (secondary N) is 1. The van der Waals surface area contributed by atoms with Gasteiger partial charge in [0.1, 0.15) is 12.1 Å². The van der Waals surface area contributed by atoms with Crippen LogP contribution in [0.5, 0.6) is 0 Å². The van der Waals surface area contributed by atoms with Crippen LogP contribution in [0.15, 0.2) is 41.2 Å². The molecule has 7 heteroatoms. The summed E-state index contributed by atoms with van der Waals surface area (Å²) in [4.78, 5) is 29.0. The Morgan fingerprint density at radius 1 is 1.13 bits per heavy atom. The van der Waals surface area contributed by atoms with Crippen LogP contribution >= 0.6 is 0 Å². The summed E-state index contributed by atoms with van der Waals surface area (Å²) in [6, 6.07) is 6.81. The maximum atomic E-state index is 14.3. The number of hydrogen-bond donors (Lipinski definition) is 1. The number of aryl methyl sites for hydroxylation is 1. The summed E-state index contributed by atoms with van der Waals surface area (Å²) >= 11 is 0. The molecule has 1 N–H and O–H groups in total. The van der Waals surface area contributed by atoms with Crippen LogP contribution in [0.2, 0.25) is 0 Å². The van der Waals surface area contributed by atoms with Gasteiger partial charge >= 0.3 is 0 Å². The van der Waals surface area contributed by atoms with Crippen molar-refractivity contribution in [1.82, 2.24) is 10.2 Å². The van der Waals surface area contributed by atoms with Crippen LogP contribution in [-0.4, -0.2) is 48.9 Å². The Labute approximate surface area is 176 Å². The van der Waals surface area contributed by atoms with Gasteiger partial charge in [-0.1, -0.05) is 6.07 Å². The minimum Gasteiger partial charge on any atom is -0.472 e. The van der Waals surface area contributed by atoms with Gasteiger partial charge in [0.25, 0.3) is 5.91 Å². The van der Waals surface area contributed by atoms with Crippen LogP contribution in [0, 0.1) is 18.7 Å². The first-order valence-electron chi connectivity index (χ1n) is 10.6. The lowest BCUT2D eigenvalue weighted by Gasteiger charge is -2.36. The smallest absolute Gasteiger partial charge is 0.257 e. The lowest BCUT2D eigenvalue weighted by atomic mass is 9.94. The average Bonchev–Trinajstić information content (AvgIpc) is 3.30. The number of carbonyl (C=O) groups is 2. The number of piperidine rings is 2. The van der Waals surface area contributed by atoms with E-state index >= 15 is 0 Å². The first-order chi connectivity index (χ1) is 14.5. The molecule has 2 saturated heterocycles. The molecule has 0 radical (unpaired) electrons. The van der Waals surface area contributed by atoms with Gasteiger partial charge in [-0.2, -0.15) is 0 Å². The van der Waals surface area contributed by atoms with Crippen LogP contribution in [0.1, 0.15) is 41.6 Å². The van der Waals surface area contributed by atoms with Crippen molar-refractivity contribution in [3.63, 3.8) is 0 Å². The zero-order chi connectivity index (χ0) is 21.1. The fraction of sp³-hybridized carbons (Fsp3) is 0.478. The fourth-order valence-corrected chi connectivity index (χ4v) is 4.41. The highest BCUT2D eigenvalue weighted by atomic mass is 19.1. The zero-order valence-electron chi connectivity index (χ0n) is 17.3. The van der Waals surface area contributed by atoms with Crippen molar-refractivity contribution >= 4 is 17.5 Å². The van der Waals surface area contributed by atoms with Crippen molar-refractivity contribution in [1.29, 1.82) is 0 Å². The Kier molecular flexibility index (Phi) is 6.06. The number of furan rings is 1. The van der Waals surface area contributed by atoms with E-state index in [0.29, 0.717) is 43.7 Å². The molecule has 1 aromatic heterocycles. The van der Waals surface area contributed by atoms with E-state index in [0.717, 1.165) is 24.9 Å². The van der Waals surface area contributed by atoms with Gasteiger partial charge < -0.3 is 19.5 Å². The van der Waals surface area contributed by atoms with Gasteiger partial charge in [-0.25, -0.2) is 4.39 Å². The predicted molar refractivity (Wildman–Crippen MR) is 112 cm³/mol. The predicted octanol–water partition coefficient (Wildman–Crippen LogP) is 3.36. The van der Waals surface area contributed by atoms with E-state index in [1.165, 1.54) is 18.6 Å². The van der Waals surface area contributed by atoms with E-state index in [-0.39, 0.29) is 29.6 Å². The van der Waals surface area contributed by atoms with Gasteiger partial charge in [0.15, 0.2) is 0 Å². The Balaban J connectivity index is 1.30. The van der Waals surface area contributed by atoms with E-state index in [4.69, 9.17) is 4.42 Å². The number of nitrogens with zero attached hydrogens (tertiary/aromatic N) is 2. The summed E-state index contributed by atoms with van der Waals surface area (Å²) < 4.78 is 19.3. The quantitative estimate of drug-likeness (QED) is 0.835. The van der Waals surface area contributed by atoms with Crippen molar-refractivity contribution in [2.45, 2.75) is 38.6 Å². The molecular weight excluding hydrogens is 385 g/mol. The van der Waals surface area contributed by atoms with E-state index in [1.54, 1.807) is 17.0 Å². The van der Waals surface area contributed by atoms with Crippen LogP contribution in [0.25, 0.3) is 0 Å². The Morgan fingerprint density at radius 2 is 1.93 bits per heavy atom. The molecule has 6 nitrogen and oxygen atoms in total. The van der Waals surface area contributed by atoms with Crippen molar-refractivity contribution in [2.24, 2.45) is 5.92 Å². The molecule has 30 heavy (non-hydrogen) atoms. The summed E-state index contributed by atoms with van der Waals surface area (Å²) in [5.41, 5.74) is 2.18. The zero-order valence-corrected chi connectivity index (χ0v) is 17.3. The van der Waals surface area contributed by atoms with Crippen LogP contribution in [0.4, 0.5) is 10.1 Å². The molecule has 0 bridgehead atoms. The van der Waals surface area contributed by atoms with Gasteiger partial charge in [-0.3, -0.25) is 9.59 Å². The summed E-state index contributed by atoms with van der Waals surface area (Å²) in [7, 11) is 0. The minimum absolute atomic E-state index is 0.0109. The van der Waals surface area contributed by atoms with E-state index in [2.05, 4.69) is 5.32 Å². The summed E-state index contributed by atoms with van der Waals surface area (Å²) in [6.07, 6.45) is 6.05. The summed E-state index contributed by atoms with van der Waals surface area (Å²) in [6.45, 7) is 4.49. The number of rotatable bonds is 4. The third kappa shape index (κ3) is 4.50. The van der Waals surface area contributed by atoms with Crippen LogP contribution in [-0.2, 0) is 4.79 Å². The molecular formula is C23H28FN3O3. The maximum Gasteiger partial charge on any atom is 0.257 e. The molecule has 2 aliphatic rings. The second-order valence-corrected chi connectivity index (χ2v) is 8.33. The standard InChI is InChI=1S/C23H28FN3O3/c1-16-4-5-20(24)21(13-16)27-9-2-3-19(14-27)25-22(28)17-6-10-26(11-7-17)23(29)18-8-12-30-15-18/h4-5,8,12-13,15,17,19H,2-3,6-7,9-11,14H2,1H3,(H,25,28). The van der Waals surface area contributed by atoms with Crippen molar-refractivity contribution in [2.75, 3.05) is 31.1 Å². The molecule has 0 spiro atoms. The molecule has 3 heterocycles. The number of benzene rings is 1. The third-order valence-electron chi connectivity index (χ3n) is 6.13. The highest BCUT2D eigenvalue weighted by Gasteiger charge is 2.30. The molecule has 1 aromatic carbocycles. The second-order valence-electron chi connectivity index (χ2n) is 8.33. The van der Waals surface area contributed by atoms with Crippen LogP contribution < -0.4 is 10.2 Å². The molecule has 2 aliphatic heterocycles. The third-order valence-corrected chi connectivity index (χ3v) is 6.13. The molecule has 2 fully saturated rings. The molecule has 0 saturated carbocycles. The highest BCUT2D eigenvalue weighted by molar-refractivity contribution is 5.94. The van der Waals surface area contributed by atoms with Gasteiger partial charge in [-0.15, -0.1) is 0 Å². The van der Waals surface area contributed by atoms with E-state index in [9.17, 15) is 14.0 Å². The van der Waals surface area contributed by atoms with Gasteiger partial charge in [0.05, 0.1) is 17.5 Å². The molecule has 2 aromatic rings. The summed E-state index contributed by atoms with van der Waals surface area (Å²) in [5, 5.41) is 3.17. The van der Waals surface area contributed by atoms with Gasteiger partial charge in [0.2, 0.25) is 5.91 Å². The van der Waals surface area contributed by atoms with Crippen molar-refractivity contribution in [3.8, 4) is 0 Å². The van der Waals surface area contributed by atoms with Crippen LogP contribution in [0.3, 0.4) is 0 Å². The SMILES string of the molecule is Cc1ccc(F)c(N2CCCC(NC(=O)C3CCN(C(=O)c4ccoc4)CC3)C2)c1. The largest absolute Gasteiger partial charge is 0.472 e. The topological polar surface area (TPSA) is 65.8 Å². The second kappa shape index (κ2) is 8.90. The maximum absolute atomic E-state index is 14.3. The van der Waals surface area contributed by atoms with Crippen molar-refractivity contribution in [3.05, 3.63) is 53.7 Å². The monoisotopic (exact) mass is 413 g/mol. The average molecular weight is 413 g/mol. The van der Waals surface area contributed by atoms with E-state index in [1.807, 2.05) is 17.9 Å². The number of hydrogen-bond acceptors (Lipinski definition) is 4. The van der Waals surface area contributed by atoms with Gasteiger partial charge in [0, 0.05) is 38.1 Å². The Hall–Kier alpha value is -2.83. The fourth-order valence-electron chi connectivity index (χ4n) is 4.41. The Bertz CT molecular complexity index is 891. The molecule has 1 atom stereocenters. The van der Waals surface area contributed by atoms with Crippen molar-refractivity contribution < 1.29 is 18.4 Å². The normalized spacial score (nSPS) is 20.3. The first-order valence-corrected chi connectivity index (χ1v) is 10.6. The number of carbonyl (C=O) groups excluding carboxylic acids is 2. The van der Waals surface area contributed by atoms with E-state index < -0.39 is 0 Å². The Morgan fingerprint density at radius 3 is 2.67 bits per heavy atom. The minimum atomic E-state index is -0.220. The highest BCUT2D eigenvalue weighted by Crippen LogP contribution is 2.25. The number of amides is 2. The molecule has 4 rings (SSSR count). The summed E-state index contributed by atoms with van der Waals surface area (Å²) in [5.74, 6) is -0.320. The number of halogens is 1. The number of anilines is 1. The molecule has 160 valence electrons. The lowest BCUT2D eigenvalue weighted by molar-refractivity contribution is -0.127.